The second kappa shape index (κ2) is 7.98. The van der Waals surface area contributed by atoms with E-state index in [2.05, 4.69) is 16.2 Å². The van der Waals surface area contributed by atoms with E-state index in [0.717, 1.165) is 4.88 Å². The quantitative estimate of drug-likeness (QED) is 0.581. The van der Waals surface area contributed by atoms with E-state index in [0.29, 0.717) is 22.9 Å². The molecule has 1 aromatic heterocycles. The van der Waals surface area contributed by atoms with E-state index in [9.17, 15) is 4.79 Å². The Morgan fingerprint density at radius 2 is 2.18 bits per heavy atom. The van der Waals surface area contributed by atoms with Crippen molar-refractivity contribution < 1.29 is 9.53 Å². The van der Waals surface area contributed by atoms with Crippen LogP contribution < -0.4 is 20.9 Å². The minimum Gasteiger partial charge on any atom is -0.495 e. The van der Waals surface area contributed by atoms with E-state index >= 15 is 0 Å². The molecular weight excluding hydrogens is 342 g/mol. The van der Waals surface area contributed by atoms with Crippen LogP contribution in [0.2, 0.25) is 5.02 Å². The Labute approximate surface area is 142 Å². The summed E-state index contributed by atoms with van der Waals surface area (Å²) >= 11 is 12.6. The molecule has 3 N–H and O–H groups in total. The number of thiocarbonyl (C=S) groups is 1. The number of anilines is 1. The van der Waals surface area contributed by atoms with Gasteiger partial charge in [-0.15, -0.1) is 11.3 Å². The van der Waals surface area contributed by atoms with Crippen molar-refractivity contribution in [1.82, 2.24) is 10.9 Å². The second-order valence-electron chi connectivity index (χ2n) is 4.23. The third-order valence-corrected chi connectivity index (χ3v) is 3.96. The Balaban J connectivity index is 1.85. The van der Waals surface area contributed by atoms with Gasteiger partial charge >= 0.3 is 0 Å². The molecule has 0 radical (unpaired) electrons. The van der Waals surface area contributed by atoms with Crippen molar-refractivity contribution in [1.29, 1.82) is 0 Å². The number of hydrogen-bond acceptors (Lipinski definition) is 4. The Morgan fingerprint density at radius 1 is 1.36 bits per heavy atom. The molecule has 0 bridgehead atoms. The summed E-state index contributed by atoms with van der Waals surface area (Å²) in [5.41, 5.74) is 5.79. The van der Waals surface area contributed by atoms with E-state index in [1.54, 1.807) is 25.3 Å². The van der Waals surface area contributed by atoms with Crippen LogP contribution in [0.5, 0.6) is 5.75 Å². The zero-order valence-corrected chi connectivity index (χ0v) is 14.1. The molecule has 0 spiro atoms. The lowest BCUT2D eigenvalue weighted by Crippen LogP contribution is -2.44. The van der Waals surface area contributed by atoms with Crippen LogP contribution in [0.1, 0.15) is 4.88 Å². The zero-order valence-electron chi connectivity index (χ0n) is 11.7. The highest BCUT2D eigenvalue weighted by molar-refractivity contribution is 7.80. The SMILES string of the molecule is COc1ccc(Cl)cc1NC(=S)NNC(=O)Cc1cccs1. The van der Waals surface area contributed by atoms with Gasteiger partial charge in [0.2, 0.25) is 5.91 Å². The molecule has 8 heteroatoms. The maximum Gasteiger partial charge on any atom is 0.243 e. The van der Waals surface area contributed by atoms with Crippen LogP contribution in [0.25, 0.3) is 0 Å². The summed E-state index contributed by atoms with van der Waals surface area (Å²) in [6, 6.07) is 8.92. The molecule has 0 atom stereocenters. The standard InChI is InChI=1S/C14H14ClN3O2S2/c1-20-12-5-4-9(15)7-11(12)16-14(21)18-17-13(19)8-10-3-2-6-22-10/h2-7H,8H2,1H3,(H,17,19)(H2,16,18,21). The predicted octanol–water partition coefficient (Wildman–Crippen LogP) is 2.97. The summed E-state index contributed by atoms with van der Waals surface area (Å²) in [4.78, 5) is 12.7. The first-order chi connectivity index (χ1) is 10.6. The molecule has 0 aliphatic heterocycles. The normalized spacial score (nSPS) is 9.91. The number of carbonyl (C=O) groups is 1. The first-order valence-electron chi connectivity index (χ1n) is 6.30. The van der Waals surface area contributed by atoms with Gasteiger partial charge < -0.3 is 10.1 Å². The Kier molecular flexibility index (Phi) is 6.00. The summed E-state index contributed by atoms with van der Waals surface area (Å²) in [6.07, 6.45) is 0.299. The molecule has 1 heterocycles. The largest absolute Gasteiger partial charge is 0.495 e. The molecule has 0 aliphatic rings. The number of hydrazine groups is 1. The summed E-state index contributed by atoms with van der Waals surface area (Å²) in [5, 5.41) is 5.62. The van der Waals surface area contributed by atoms with Gasteiger partial charge in [0.25, 0.3) is 0 Å². The molecule has 1 aromatic carbocycles. The first-order valence-corrected chi connectivity index (χ1v) is 7.97. The average molecular weight is 356 g/mol. The topological polar surface area (TPSA) is 62.4 Å². The lowest BCUT2D eigenvalue weighted by atomic mass is 10.3. The fraction of sp³-hybridized carbons (Fsp3) is 0.143. The summed E-state index contributed by atoms with van der Waals surface area (Å²) in [5.74, 6) is 0.420. The van der Waals surface area contributed by atoms with Gasteiger partial charge in [0, 0.05) is 9.90 Å². The summed E-state index contributed by atoms with van der Waals surface area (Å²) in [6.45, 7) is 0. The van der Waals surface area contributed by atoms with Crippen LogP contribution in [0.15, 0.2) is 35.7 Å². The average Bonchev–Trinajstić information content (AvgIpc) is 2.98. The molecule has 0 saturated carbocycles. The molecule has 0 unspecified atom stereocenters. The molecule has 0 aliphatic carbocycles. The van der Waals surface area contributed by atoms with Gasteiger partial charge in [-0.05, 0) is 41.9 Å². The minimum absolute atomic E-state index is 0.176. The van der Waals surface area contributed by atoms with Crippen LogP contribution >= 0.6 is 35.2 Å². The van der Waals surface area contributed by atoms with Gasteiger partial charge in [-0.25, -0.2) is 0 Å². The monoisotopic (exact) mass is 355 g/mol. The maximum atomic E-state index is 11.7. The highest BCUT2D eigenvalue weighted by Crippen LogP contribution is 2.27. The van der Waals surface area contributed by atoms with Gasteiger partial charge in [0.1, 0.15) is 5.75 Å². The number of methoxy groups -OCH3 is 1. The molecule has 5 nitrogen and oxygen atoms in total. The number of hydrogen-bond donors (Lipinski definition) is 3. The lowest BCUT2D eigenvalue weighted by molar-refractivity contribution is -0.120. The van der Waals surface area contributed by atoms with E-state index in [1.165, 1.54) is 11.3 Å². The van der Waals surface area contributed by atoms with Crippen molar-refractivity contribution in [3.8, 4) is 5.75 Å². The third kappa shape index (κ3) is 4.87. The highest BCUT2D eigenvalue weighted by atomic mass is 35.5. The molecule has 116 valence electrons. The van der Waals surface area contributed by atoms with Crippen molar-refractivity contribution >= 4 is 51.9 Å². The Hall–Kier alpha value is -1.83. The molecule has 2 rings (SSSR count). The number of amides is 1. The number of benzene rings is 1. The summed E-state index contributed by atoms with van der Waals surface area (Å²) < 4.78 is 5.20. The zero-order chi connectivity index (χ0) is 15.9. The van der Waals surface area contributed by atoms with Crippen LogP contribution in [-0.2, 0) is 11.2 Å². The van der Waals surface area contributed by atoms with Crippen molar-refractivity contribution in [3.63, 3.8) is 0 Å². The van der Waals surface area contributed by atoms with Crippen molar-refractivity contribution in [2.24, 2.45) is 0 Å². The van der Waals surface area contributed by atoms with Crippen molar-refractivity contribution in [2.75, 3.05) is 12.4 Å². The van der Waals surface area contributed by atoms with Gasteiger partial charge in [-0.2, -0.15) is 0 Å². The molecular formula is C14H14ClN3O2S2. The Bertz CT molecular complexity index is 662. The number of rotatable bonds is 4. The van der Waals surface area contributed by atoms with Crippen LogP contribution in [0, 0.1) is 0 Å². The molecule has 0 saturated heterocycles. The molecule has 0 fully saturated rings. The van der Waals surface area contributed by atoms with E-state index in [4.69, 9.17) is 28.6 Å². The van der Waals surface area contributed by atoms with Crippen molar-refractivity contribution in [3.05, 3.63) is 45.6 Å². The third-order valence-electron chi connectivity index (χ3n) is 2.64. The van der Waals surface area contributed by atoms with Crippen LogP contribution in [-0.4, -0.2) is 18.1 Å². The van der Waals surface area contributed by atoms with Gasteiger partial charge in [-0.1, -0.05) is 17.7 Å². The number of carbonyl (C=O) groups excluding carboxylic acids is 1. The number of ether oxygens (including phenoxy) is 1. The van der Waals surface area contributed by atoms with Crippen LogP contribution in [0.3, 0.4) is 0 Å². The highest BCUT2D eigenvalue weighted by Gasteiger charge is 2.07. The van der Waals surface area contributed by atoms with Gasteiger partial charge in [0.15, 0.2) is 5.11 Å². The lowest BCUT2D eigenvalue weighted by Gasteiger charge is -2.14. The molecule has 22 heavy (non-hydrogen) atoms. The summed E-state index contributed by atoms with van der Waals surface area (Å²) in [7, 11) is 1.55. The van der Waals surface area contributed by atoms with Crippen LogP contribution in [0.4, 0.5) is 5.69 Å². The van der Waals surface area contributed by atoms with Gasteiger partial charge in [0.05, 0.1) is 19.2 Å². The van der Waals surface area contributed by atoms with Crippen molar-refractivity contribution in [2.45, 2.75) is 6.42 Å². The number of nitrogens with one attached hydrogen (secondary N) is 3. The molecule has 2 aromatic rings. The number of thiophene rings is 1. The maximum absolute atomic E-state index is 11.7. The van der Waals surface area contributed by atoms with E-state index in [1.807, 2.05) is 17.5 Å². The number of halogens is 1. The van der Waals surface area contributed by atoms with E-state index in [-0.39, 0.29) is 11.0 Å². The van der Waals surface area contributed by atoms with Gasteiger partial charge in [-0.3, -0.25) is 15.6 Å². The first kappa shape index (κ1) is 16.5. The minimum atomic E-state index is -0.176. The van der Waals surface area contributed by atoms with E-state index < -0.39 is 0 Å². The second-order valence-corrected chi connectivity index (χ2v) is 6.10. The molecule has 1 amide bonds. The smallest absolute Gasteiger partial charge is 0.243 e. The Morgan fingerprint density at radius 3 is 2.86 bits per heavy atom. The predicted molar refractivity (Wildman–Crippen MR) is 93.5 cm³/mol. The fourth-order valence-corrected chi connectivity index (χ4v) is 2.71. The fourth-order valence-electron chi connectivity index (χ4n) is 1.67.